The van der Waals surface area contributed by atoms with Gasteiger partial charge >= 0.3 is 0 Å². The van der Waals surface area contributed by atoms with Crippen molar-refractivity contribution >= 4 is 5.69 Å². The third-order valence-corrected chi connectivity index (χ3v) is 12.8. The second-order valence-corrected chi connectivity index (χ2v) is 15.9. The van der Waals surface area contributed by atoms with Crippen LogP contribution in [0.2, 0.25) is 0 Å². The molecule has 9 aromatic carbocycles. The molecule has 3 aliphatic rings. The van der Waals surface area contributed by atoms with Gasteiger partial charge in [-0.1, -0.05) is 182 Å². The van der Waals surface area contributed by atoms with Gasteiger partial charge in [-0.25, -0.2) is 0 Å². The zero-order valence-corrected chi connectivity index (χ0v) is 32.6. The van der Waals surface area contributed by atoms with E-state index in [1.807, 2.05) is 24.3 Å². The molecule has 1 spiro atoms. The van der Waals surface area contributed by atoms with E-state index >= 15 is 0 Å². The first-order chi connectivity index (χ1) is 29.7. The molecule has 1 heterocycles. The molecule has 9 aromatic rings. The van der Waals surface area contributed by atoms with Gasteiger partial charge in [0.05, 0.1) is 22.7 Å². The van der Waals surface area contributed by atoms with E-state index in [1.165, 1.54) is 55.6 Å². The van der Waals surface area contributed by atoms with Gasteiger partial charge in [-0.3, -0.25) is 0 Å². The molecule has 0 fully saturated rings. The van der Waals surface area contributed by atoms with Gasteiger partial charge in [0.25, 0.3) is 0 Å². The highest BCUT2D eigenvalue weighted by Gasteiger charge is 2.52. The Kier molecular flexibility index (Phi) is 7.57. The van der Waals surface area contributed by atoms with Crippen molar-refractivity contribution in [2.45, 2.75) is 11.6 Å². The van der Waals surface area contributed by atoms with Gasteiger partial charge in [-0.15, -0.1) is 0 Å². The number of anilines is 1. The van der Waals surface area contributed by atoms with E-state index in [4.69, 9.17) is 4.74 Å². The monoisotopic (exact) mass is 764 g/mol. The summed E-state index contributed by atoms with van der Waals surface area (Å²) in [6.45, 7) is 0. The van der Waals surface area contributed by atoms with Crippen LogP contribution in [0.5, 0.6) is 5.75 Å². The second kappa shape index (κ2) is 13.3. The van der Waals surface area contributed by atoms with Crippen LogP contribution in [0.15, 0.2) is 206 Å². The summed E-state index contributed by atoms with van der Waals surface area (Å²) in [5.41, 5.74) is 22.0. The summed E-state index contributed by atoms with van der Waals surface area (Å²) in [5.74, 6) is 0.830. The fraction of sp³-hybridized carbons (Fsp3) is 0.0351. The molecule has 280 valence electrons. The average Bonchev–Trinajstić information content (AvgIpc) is 3.99. The van der Waals surface area contributed by atoms with Crippen LogP contribution in [0.25, 0.3) is 66.8 Å². The molecule has 0 amide bonds. The number of nitriles is 1. The largest absolute Gasteiger partial charge is 0.464 e. The number of ether oxygens (including phenoxy) is 1. The van der Waals surface area contributed by atoms with Crippen LogP contribution in [0.4, 0.5) is 5.69 Å². The molecule has 60 heavy (non-hydrogen) atoms. The molecule has 1 unspecified atom stereocenters. The zero-order valence-electron chi connectivity index (χ0n) is 32.6. The lowest BCUT2D eigenvalue weighted by Crippen LogP contribution is -2.25. The highest BCUT2D eigenvalue weighted by Crippen LogP contribution is 2.64. The molecule has 2 aliphatic carbocycles. The molecule has 0 saturated heterocycles. The Hall–Kier alpha value is -7.93. The molecule has 0 saturated carbocycles. The maximum atomic E-state index is 9.24. The fourth-order valence-electron chi connectivity index (χ4n) is 10.1. The lowest BCUT2D eigenvalue weighted by atomic mass is 9.70. The average molecular weight is 765 g/mol. The molecule has 3 heteroatoms. The Morgan fingerprint density at radius 1 is 0.417 bits per heavy atom. The minimum atomic E-state index is -0.370. The molecular weight excluding hydrogens is 729 g/mol. The van der Waals surface area contributed by atoms with Crippen molar-refractivity contribution in [3.05, 3.63) is 240 Å². The van der Waals surface area contributed by atoms with Crippen LogP contribution in [0, 0.1) is 11.3 Å². The Balaban J connectivity index is 0.900. The van der Waals surface area contributed by atoms with Gasteiger partial charge in [0.2, 0.25) is 0 Å². The van der Waals surface area contributed by atoms with Crippen molar-refractivity contribution in [1.82, 2.24) is 0 Å². The molecule has 0 bridgehead atoms. The molecule has 1 N–H and O–H groups in total. The standard InChI is InChI=1S/C57H36N2O/c58-35-36-21-23-37(24-22-36)38-25-27-39(28-26-38)43-33-48(40-11-2-1-3-12-40)55-53(34-43)60-56(59-55)42-31-29-41(30-32-42)44-16-10-20-52-54(44)47-15-6-9-19-51(47)57(52)49-17-7-4-13-45(49)46-14-5-8-18-50(46)57/h1-34,56,59H. The number of nitrogens with one attached hydrogen (secondary N) is 1. The summed E-state index contributed by atoms with van der Waals surface area (Å²) in [5, 5.41) is 13.0. The molecule has 1 atom stereocenters. The fourth-order valence-corrected chi connectivity index (χ4v) is 10.1. The summed E-state index contributed by atoms with van der Waals surface area (Å²) < 4.78 is 6.79. The third-order valence-electron chi connectivity index (χ3n) is 12.8. The number of hydrogen-bond acceptors (Lipinski definition) is 3. The van der Waals surface area contributed by atoms with Crippen molar-refractivity contribution in [2.75, 3.05) is 5.32 Å². The van der Waals surface area contributed by atoms with Gasteiger partial charge in [-0.05, 0) is 108 Å². The van der Waals surface area contributed by atoms with Crippen LogP contribution in [0.1, 0.15) is 39.6 Å². The van der Waals surface area contributed by atoms with Gasteiger partial charge in [-0.2, -0.15) is 5.26 Å². The minimum absolute atomic E-state index is 0.345. The first-order valence-electron chi connectivity index (χ1n) is 20.5. The maximum Gasteiger partial charge on any atom is 0.196 e. The zero-order chi connectivity index (χ0) is 39.8. The van der Waals surface area contributed by atoms with Crippen LogP contribution < -0.4 is 10.1 Å². The summed E-state index contributed by atoms with van der Waals surface area (Å²) in [7, 11) is 0. The number of rotatable bonds is 5. The quantitative estimate of drug-likeness (QED) is 0.190. The lowest BCUT2D eigenvalue weighted by Gasteiger charge is -2.30. The van der Waals surface area contributed by atoms with Crippen molar-refractivity contribution < 1.29 is 4.74 Å². The molecule has 0 radical (unpaired) electrons. The molecule has 12 rings (SSSR count). The molecule has 0 aromatic heterocycles. The second-order valence-electron chi connectivity index (χ2n) is 15.9. The molecule has 1 aliphatic heterocycles. The van der Waals surface area contributed by atoms with E-state index in [-0.39, 0.29) is 11.6 Å². The van der Waals surface area contributed by atoms with Crippen molar-refractivity contribution in [1.29, 1.82) is 5.26 Å². The minimum Gasteiger partial charge on any atom is -0.464 e. The van der Waals surface area contributed by atoms with Crippen LogP contribution in [-0.4, -0.2) is 0 Å². The number of hydrogen-bond donors (Lipinski definition) is 1. The third kappa shape index (κ3) is 5.01. The highest BCUT2D eigenvalue weighted by molar-refractivity contribution is 6.00. The predicted molar refractivity (Wildman–Crippen MR) is 243 cm³/mol. The summed E-state index contributed by atoms with van der Waals surface area (Å²) in [6.07, 6.45) is -0.345. The Bertz CT molecular complexity index is 3150. The van der Waals surface area contributed by atoms with E-state index in [2.05, 4.69) is 193 Å². The first kappa shape index (κ1) is 34.1. The SMILES string of the molecule is N#Cc1ccc(-c2ccc(-c3cc4c(c(-c5ccccc5)c3)NC(c3ccc(-c5cccc6c5-c5ccccc5C65c6ccccc6-c6ccccc65)cc3)O4)cc2)cc1. The van der Waals surface area contributed by atoms with Gasteiger partial charge in [0.15, 0.2) is 6.23 Å². The summed E-state index contributed by atoms with van der Waals surface area (Å²) in [4.78, 5) is 0. The Labute approximate surface area is 349 Å². The van der Waals surface area contributed by atoms with E-state index < -0.39 is 0 Å². The normalized spacial score (nSPS) is 14.6. The number of nitrogens with zero attached hydrogens (tertiary/aromatic N) is 1. The van der Waals surface area contributed by atoms with Crippen LogP contribution in [-0.2, 0) is 5.41 Å². The van der Waals surface area contributed by atoms with Crippen molar-refractivity contribution in [3.8, 4) is 78.6 Å². The van der Waals surface area contributed by atoms with Gasteiger partial charge in [0.1, 0.15) is 5.75 Å². The summed E-state index contributed by atoms with van der Waals surface area (Å²) >= 11 is 0. The lowest BCUT2D eigenvalue weighted by molar-refractivity contribution is 0.260. The van der Waals surface area contributed by atoms with Crippen molar-refractivity contribution in [2.24, 2.45) is 0 Å². The van der Waals surface area contributed by atoms with Crippen molar-refractivity contribution in [3.63, 3.8) is 0 Å². The summed E-state index contributed by atoms with van der Waals surface area (Å²) in [6, 6.07) is 76.2. The van der Waals surface area contributed by atoms with Crippen LogP contribution >= 0.6 is 0 Å². The smallest absolute Gasteiger partial charge is 0.196 e. The first-order valence-corrected chi connectivity index (χ1v) is 20.5. The van der Waals surface area contributed by atoms with E-state index in [9.17, 15) is 5.26 Å². The Morgan fingerprint density at radius 3 is 1.57 bits per heavy atom. The predicted octanol–water partition coefficient (Wildman–Crippen LogP) is 14.1. The Morgan fingerprint density at radius 2 is 0.917 bits per heavy atom. The number of benzene rings is 9. The number of fused-ring (bicyclic) bond motifs is 11. The topological polar surface area (TPSA) is 45.0 Å². The maximum absolute atomic E-state index is 9.24. The van der Waals surface area contributed by atoms with E-state index in [0.29, 0.717) is 5.56 Å². The molecular formula is C57H36N2O. The molecule has 3 nitrogen and oxygen atoms in total. The van der Waals surface area contributed by atoms with E-state index in [0.717, 1.165) is 50.4 Å². The van der Waals surface area contributed by atoms with Gasteiger partial charge < -0.3 is 10.1 Å². The van der Waals surface area contributed by atoms with Gasteiger partial charge in [0, 0.05) is 11.1 Å². The van der Waals surface area contributed by atoms with Crippen LogP contribution in [0.3, 0.4) is 0 Å². The highest BCUT2D eigenvalue weighted by atomic mass is 16.5. The van der Waals surface area contributed by atoms with E-state index in [1.54, 1.807) is 0 Å².